The summed E-state index contributed by atoms with van der Waals surface area (Å²) in [7, 11) is -2.06. The van der Waals surface area contributed by atoms with Crippen molar-refractivity contribution in [3.63, 3.8) is 0 Å². The molecule has 0 aromatic heterocycles. The van der Waals surface area contributed by atoms with E-state index in [1.165, 1.54) is 4.31 Å². The summed E-state index contributed by atoms with van der Waals surface area (Å²) in [4.78, 5) is 13.1. The molecule has 4 aromatic carbocycles. The lowest BCUT2D eigenvalue weighted by molar-refractivity contribution is 0.0938. The second-order valence-corrected chi connectivity index (χ2v) is 11.1. The van der Waals surface area contributed by atoms with Crippen molar-refractivity contribution in [3.8, 4) is 0 Å². The summed E-state index contributed by atoms with van der Waals surface area (Å²) in [6, 6.07) is 33.6. The van der Waals surface area contributed by atoms with E-state index in [-0.39, 0.29) is 17.3 Å². The number of hydrogen-bond donors (Lipinski definition) is 2. The number of nitrogens with one attached hydrogen (secondary N) is 2. The molecule has 0 aliphatic carbocycles. The van der Waals surface area contributed by atoms with Gasteiger partial charge in [-0.05, 0) is 54.0 Å². The van der Waals surface area contributed by atoms with Gasteiger partial charge in [-0.3, -0.25) is 10.2 Å². The van der Waals surface area contributed by atoms with Crippen LogP contribution in [-0.2, 0) is 23.0 Å². The molecule has 0 aliphatic rings. The molecule has 0 radical (unpaired) electrons. The Morgan fingerprint density at radius 2 is 1.37 bits per heavy atom. The number of allylic oxidation sites excluding steroid dienone is 1. The highest BCUT2D eigenvalue weighted by Gasteiger charge is 2.20. The fraction of sp³-hybridized carbons (Fsp3) is 0.129. The van der Waals surface area contributed by atoms with Crippen LogP contribution in [-0.4, -0.2) is 25.7 Å². The third kappa shape index (κ3) is 7.18. The predicted octanol–water partition coefficient (Wildman–Crippen LogP) is 5.33. The Labute approximate surface area is 224 Å². The molecule has 0 heterocycles. The molecule has 0 saturated carbocycles. The van der Waals surface area contributed by atoms with Crippen molar-refractivity contribution >= 4 is 22.0 Å². The van der Waals surface area contributed by atoms with Gasteiger partial charge in [-0.2, -0.15) is 4.31 Å². The third-order valence-electron chi connectivity index (χ3n) is 6.06. The number of nitrogens with zero attached hydrogens (tertiary/aromatic N) is 1. The first-order valence-corrected chi connectivity index (χ1v) is 13.7. The number of hydrogen-bond acceptors (Lipinski definition) is 4. The van der Waals surface area contributed by atoms with Crippen molar-refractivity contribution in [2.24, 2.45) is 0 Å². The SMILES string of the molecule is Cc1ccc(S(=O)(=O)N(C)Cc2ccc(C(=O)NN/C(=C/c3ccccc3)Cc3ccccc3)cc2)cc1. The number of benzene rings is 4. The number of hydrazine groups is 1. The minimum Gasteiger partial charge on any atom is -0.302 e. The monoisotopic (exact) mass is 525 g/mol. The quantitative estimate of drug-likeness (QED) is 0.274. The van der Waals surface area contributed by atoms with Crippen molar-refractivity contribution < 1.29 is 13.2 Å². The number of sulfonamides is 1. The highest BCUT2D eigenvalue weighted by atomic mass is 32.2. The molecule has 4 rings (SSSR count). The molecule has 0 bridgehead atoms. The summed E-state index contributed by atoms with van der Waals surface area (Å²) in [5.74, 6) is -0.288. The van der Waals surface area contributed by atoms with E-state index in [0.29, 0.717) is 12.0 Å². The molecule has 0 fully saturated rings. The molecule has 2 N–H and O–H groups in total. The van der Waals surface area contributed by atoms with Gasteiger partial charge in [-0.25, -0.2) is 8.42 Å². The van der Waals surface area contributed by atoms with Gasteiger partial charge in [0.25, 0.3) is 5.91 Å². The van der Waals surface area contributed by atoms with Gasteiger partial charge in [-0.1, -0.05) is 90.5 Å². The van der Waals surface area contributed by atoms with E-state index in [0.717, 1.165) is 28.0 Å². The van der Waals surface area contributed by atoms with Crippen LogP contribution < -0.4 is 10.9 Å². The highest BCUT2D eigenvalue weighted by molar-refractivity contribution is 7.89. The van der Waals surface area contributed by atoms with Crippen LogP contribution in [0.25, 0.3) is 6.08 Å². The fourth-order valence-electron chi connectivity index (χ4n) is 3.90. The Kier molecular flexibility index (Phi) is 8.73. The number of amides is 1. The molecule has 1 amide bonds. The van der Waals surface area contributed by atoms with Crippen LogP contribution in [0.2, 0.25) is 0 Å². The van der Waals surface area contributed by atoms with Crippen LogP contribution in [0.5, 0.6) is 0 Å². The zero-order valence-corrected chi connectivity index (χ0v) is 22.3. The van der Waals surface area contributed by atoms with Crippen molar-refractivity contribution in [3.05, 3.63) is 143 Å². The number of carbonyl (C=O) groups excluding carboxylic acids is 1. The molecule has 0 atom stereocenters. The van der Waals surface area contributed by atoms with E-state index in [2.05, 4.69) is 10.9 Å². The Balaban J connectivity index is 1.40. The average molecular weight is 526 g/mol. The topological polar surface area (TPSA) is 78.5 Å². The fourth-order valence-corrected chi connectivity index (χ4v) is 5.06. The highest BCUT2D eigenvalue weighted by Crippen LogP contribution is 2.18. The molecular weight excluding hydrogens is 494 g/mol. The Morgan fingerprint density at radius 1 is 0.763 bits per heavy atom. The van der Waals surface area contributed by atoms with Crippen LogP contribution >= 0.6 is 0 Å². The second kappa shape index (κ2) is 12.4. The Hall–Kier alpha value is -4.20. The van der Waals surface area contributed by atoms with Crippen LogP contribution in [0.4, 0.5) is 0 Å². The van der Waals surface area contributed by atoms with Crippen molar-refractivity contribution in [2.45, 2.75) is 24.8 Å². The normalized spacial score (nSPS) is 11.8. The molecule has 0 aliphatic heterocycles. The standard InChI is InChI=1S/C31H31N3O3S/c1-24-13-19-30(20-14-24)38(36,37)34(2)23-27-15-17-28(18-16-27)31(35)33-32-29(21-25-9-5-3-6-10-25)22-26-11-7-4-8-12-26/h3-21,32H,22-23H2,1-2H3,(H,33,35)/b29-21+. The molecule has 0 unspecified atom stereocenters. The first-order valence-electron chi connectivity index (χ1n) is 12.3. The molecule has 0 saturated heterocycles. The van der Waals surface area contributed by atoms with Crippen molar-refractivity contribution in [1.82, 2.24) is 15.2 Å². The summed E-state index contributed by atoms with van der Waals surface area (Å²) in [6.45, 7) is 2.11. The second-order valence-electron chi connectivity index (χ2n) is 9.09. The lowest BCUT2D eigenvalue weighted by Gasteiger charge is -2.18. The van der Waals surface area contributed by atoms with E-state index in [4.69, 9.17) is 0 Å². The number of aryl methyl sites for hydroxylation is 1. The van der Waals surface area contributed by atoms with E-state index >= 15 is 0 Å². The minimum atomic E-state index is -3.61. The van der Waals surface area contributed by atoms with Crippen LogP contribution in [0.15, 0.2) is 120 Å². The summed E-state index contributed by atoms with van der Waals surface area (Å²) in [5.41, 5.74) is 11.1. The van der Waals surface area contributed by atoms with E-state index in [1.54, 1.807) is 55.6 Å². The number of rotatable bonds is 10. The largest absolute Gasteiger partial charge is 0.302 e. The number of carbonyl (C=O) groups is 1. The maximum absolute atomic E-state index is 12.9. The molecule has 4 aromatic rings. The van der Waals surface area contributed by atoms with E-state index in [9.17, 15) is 13.2 Å². The van der Waals surface area contributed by atoms with Crippen molar-refractivity contribution in [2.75, 3.05) is 7.05 Å². The van der Waals surface area contributed by atoms with Crippen molar-refractivity contribution in [1.29, 1.82) is 0 Å². The maximum Gasteiger partial charge on any atom is 0.269 e. The van der Waals surface area contributed by atoms with Gasteiger partial charge < -0.3 is 5.43 Å². The first kappa shape index (κ1) is 26.9. The summed E-state index contributed by atoms with van der Waals surface area (Å²) in [6.07, 6.45) is 2.62. The Morgan fingerprint density at radius 3 is 2.00 bits per heavy atom. The van der Waals surface area contributed by atoms with Gasteiger partial charge in [0.05, 0.1) is 4.90 Å². The lowest BCUT2D eigenvalue weighted by Crippen LogP contribution is -2.37. The maximum atomic E-state index is 12.9. The van der Waals surface area contributed by atoms with Crippen LogP contribution in [0.3, 0.4) is 0 Å². The molecule has 0 spiro atoms. The van der Waals surface area contributed by atoms with E-state index in [1.807, 2.05) is 73.7 Å². The van der Waals surface area contributed by atoms with E-state index < -0.39 is 10.0 Å². The van der Waals surface area contributed by atoms with Gasteiger partial charge in [0.1, 0.15) is 0 Å². The smallest absolute Gasteiger partial charge is 0.269 e. The van der Waals surface area contributed by atoms with Gasteiger partial charge in [0.2, 0.25) is 10.0 Å². The lowest BCUT2D eigenvalue weighted by atomic mass is 10.1. The molecule has 38 heavy (non-hydrogen) atoms. The molecule has 6 nitrogen and oxygen atoms in total. The predicted molar refractivity (Wildman–Crippen MR) is 151 cm³/mol. The summed E-state index contributed by atoms with van der Waals surface area (Å²) < 4.78 is 27.1. The van der Waals surface area contributed by atoms with Crippen LogP contribution in [0.1, 0.15) is 32.6 Å². The average Bonchev–Trinajstić information content (AvgIpc) is 2.93. The zero-order chi connectivity index (χ0) is 27.0. The first-order chi connectivity index (χ1) is 18.3. The third-order valence-corrected chi connectivity index (χ3v) is 7.88. The van der Waals surface area contributed by atoms with Gasteiger partial charge in [0.15, 0.2) is 0 Å². The Bertz CT molecular complexity index is 1480. The van der Waals surface area contributed by atoms with Gasteiger partial charge in [0, 0.05) is 31.3 Å². The summed E-state index contributed by atoms with van der Waals surface area (Å²) >= 11 is 0. The van der Waals surface area contributed by atoms with Gasteiger partial charge >= 0.3 is 0 Å². The minimum absolute atomic E-state index is 0.192. The zero-order valence-electron chi connectivity index (χ0n) is 21.5. The molecule has 7 heteroatoms. The molecule has 194 valence electrons. The molecular formula is C31H31N3O3S. The van der Waals surface area contributed by atoms with Gasteiger partial charge in [-0.15, -0.1) is 0 Å². The van der Waals surface area contributed by atoms with Crippen LogP contribution in [0, 0.1) is 6.92 Å². The summed E-state index contributed by atoms with van der Waals surface area (Å²) in [5, 5.41) is 0.